The van der Waals surface area contributed by atoms with Crippen LogP contribution in [0.2, 0.25) is 0 Å². The van der Waals surface area contributed by atoms with Gasteiger partial charge in [0, 0.05) is 21.3 Å². The molecule has 1 aromatic rings. The van der Waals surface area contributed by atoms with Crippen molar-refractivity contribution in [1.29, 1.82) is 0 Å². The second kappa shape index (κ2) is 4.11. The van der Waals surface area contributed by atoms with Gasteiger partial charge in [0.05, 0.1) is 0 Å². The molecule has 3 heteroatoms. The highest BCUT2D eigenvalue weighted by molar-refractivity contribution is 9.10. The standard InChI is InChI=1S/C10H14BrNS/c11-8-5-6-13-10(8)7-3-1-2-4-9(7)12/h5-7,9H,1-4,12H2. The van der Waals surface area contributed by atoms with Crippen LogP contribution in [0.5, 0.6) is 0 Å². The summed E-state index contributed by atoms with van der Waals surface area (Å²) in [5.41, 5.74) is 6.12. The minimum Gasteiger partial charge on any atom is -0.327 e. The first-order valence-corrected chi connectivity index (χ1v) is 6.45. The molecule has 1 fully saturated rings. The number of halogens is 1. The zero-order valence-corrected chi connectivity index (χ0v) is 9.90. The average Bonchev–Trinajstić information content (AvgIpc) is 2.52. The van der Waals surface area contributed by atoms with E-state index in [1.807, 2.05) is 11.3 Å². The molecule has 1 nitrogen and oxygen atoms in total. The molecular weight excluding hydrogens is 246 g/mol. The van der Waals surface area contributed by atoms with Crippen LogP contribution in [0.1, 0.15) is 36.5 Å². The predicted molar refractivity (Wildman–Crippen MR) is 61.2 cm³/mol. The van der Waals surface area contributed by atoms with Crippen molar-refractivity contribution < 1.29 is 0 Å². The van der Waals surface area contributed by atoms with Crippen molar-refractivity contribution in [3.63, 3.8) is 0 Å². The van der Waals surface area contributed by atoms with Gasteiger partial charge in [0.15, 0.2) is 0 Å². The first-order valence-electron chi connectivity index (χ1n) is 4.77. The van der Waals surface area contributed by atoms with E-state index in [0.717, 1.165) is 0 Å². The third-order valence-electron chi connectivity index (χ3n) is 2.80. The van der Waals surface area contributed by atoms with Crippen LogP contribution in [0, 0.1) is 0 Å². The fraction of sp³-hybridized carbons (Fsp3) is 0.600. The van der Waals surface area contributed by atoms with Crippen molar-refractivity contribution in [3.8, 4) is 0 Å². The molecule has 2 rings (SSSR count). The number of thiophene rings is 1. The summed E-state index contributed by atoms with van der Waals surface area (Å²) in [4.78, 5) is 1.45. The zero-order valence-electron chi connectivity index (χ0n) is 7.50. The topological polar surface area (TPSA) is 26.0 Å². The maximum atomic E-state index is 6.12. The van der Waals surface area contributed by atoms with E-state index in [9.17, 15) is 0 Å². The maximum Gasteiger partial charge on any atom is 0.0317 e. The van der Waals surface area contributed by atoms with E-state index in [-0.39, 0.29) is 0 Å². The molecule has 1 aromatic heterocycles. The van der Waals surface area contributed by atoms with Gasteiger partial charge in [-0.3, -0.25) is 0 Å². The van der Waals surface area contributed by atoms with Crippen molar-refractivity contribution in [2.45, 2.75) is 37.6 Å². The molecule has 0 bridgehead atoms. The normalized spacial score (nSPS) is 29.1. The third kappa shape index (κ3) is 1.97. The summed E-state index contributed by atoms with van der Waals surface area (Å²) in [5.74, 6) is 0.600. The molecule has 0 aliphatic heterocycles. The lowest BCUT2D eigenvalue weighted by molar-refractivity contribution is 0.389. The molecule has 1 heterocycles. The largest absolute Gasteiger partial charge is 0.327 e. The zero-order chi connectivity index (χ0) is 9.26. The number of hydrogen-bond acceptors (Lipinski definition) is 2. The summed E-state index contributed by atoms with van der Waals surface area (Å²) in [6.07, 6.45) is 5.10. The molecule has 0 amide bonds. The lowest BCUT2D eigenvalue weighted by atomic mass is 9.84. The van der Waals surface area contributed by atoms with Gasteiger partial charge in [-0.15, -0.1) is 11.3 Å². The van der Waals surface area contributed by atoms with Crippen LogP contribution in [0.3, 0.4) is 0 Å². The van der Waals surface area contributed by atoms with Crippen LogP contribution in [0.15, 0.2) is 15.9 Å². The van der Waals surface area contributed by atoms with Gasteiger partial charge in [0.2, 0.25) is 0 Å². The molecule has 2 atom stereocenters. The maximum absolute atomic E-state index is 6.12. The van der Waals surface area contributed by atoms with Gasteiger partial charge in [0.25, 0.3) is 0 Å². The smallest absolute Gasteiger partial charge is 0.0317 e. The number of nitrogens with two attached hydrogens (primary N) is 1. The molecule has 2 N–H and O–H groups in total. The first kappa shape index (κ1) is 9.69. The number of hydrogen-bond donors (Lipinski definition) is 1. The predicted octanol–water partition coefficient (Wildman–Crippen LogP) is 3.50. The lowest BCUT2D eigenvalue weighted by Gasteiger charge is -2.28. The SMILES string of the molecule is NC1CCCCC1c1sccc1Br. The van der Waals surface area contributed by atoms with Crippen molar-refractivity contribution in [3.05, 3.63) is 20.8 Å². The second-order valence-corrected chi connectivity index (χ2v) is 5.49. The Kier molecular flexibility index (Phi) is 3.06. The van der Waals surface area contributed by atoms with Crippen molar-refractivity contribution >= 4 is 27.3 Å². The Morgan fingerprint density at radius 2 is 2.15 bits per heavy atom. The van der Waals surface area contributed by atoms with Crippen LogP contribution >= 0.6 is 27.3 Å². The van der Waals surface area contributed by atoms with E-state index in [1.54, 1.807) is 0 Å². The Balaban J connectivity index is 2.19. The highest BCUT2D eigenvalue weighted by Gasteiger charge is 2.25. The molecule has 13 heavy (non-hydrogen) atoms. The van der Waals surface area contributed by atoms with Gasteiger partial charge in [-0.05, 0) is 40.2 Å². The van der Waals surface area contributed by atoms with E-state index >= 15 is 0 Å². The molecule has 1 saturated carbocycles. The van der Waals surface area contributed by atoms with Crippen LogP contribution in [0.25, 0.3) is 0 Å². The Morgan fingerprint density at radius 3 is 2.77 bits per heavy atom. The fourth-order valence-electron chi connectivity index (χ4n) is 2.06. The molecule has 0 saturated heterocycles. The summed E-state index contributed by atoms with van der Waals surface area (Å²) in [6, 6.07) is 2.50. The van der Waals surface area contributed by atoms with Crippen LogP contribution in [-0.4, -0.2) is 6.04 Å². The monoisotopic (exact) mass is 259 g/mol. The van der Waals surface area contributed by atoms with E-state index in [2.05, 4.69) is 27.4 Å². The van der Waals surface area contributed by atoms with Crippen molar-refractivity contribution in [2.75, 3.05) is 0 Å². The van der Waals surface area contributed by atoms with Gasteiger partial charge < -0.3 is 5.73 Å². The summed E-state index contributed by atoms with van der Waals surface area (Å²) in [7, 11) is 0. The molecule has 2 unspecified atom stereocenters. The quantitative estimate of drug-likeness (QED) is 0.821. The van der Waals surface area contributed by atoms with Crippen molar-refractivity contribution in [1.82, 2.24) is 0 Å². The summed E-state index contributed by atoms with van der Waals surface area (Å²) in [6.45, 7) is 0. The van der Waals surface area contributed by atoms with Crippen LogP contribution in [0.4, 0.5) is 0 Å². The van der Waals surface area contributed by atoms with E-state index < -0.39 is 0 Å². The minimum atomic E-state index is 0.378. The summed E-state index contributed by atoms with van der Waals surface area (Å²) in [5, 5.41) is 2.14. The molecule has 0 aromatic carbocycles. The molecule has 72 valence electrons. The minimum absolute atomic E-state index is 0.378. The Bertz CT molecular complexity index is 284. The Morgan fingerprint density at radius 1 is 1.38 bits per heavy atom. The Hall–Kier alpha value is 0.140. The van der Waals surface area contributed by atoms with Gasteiger partial charge in [-0.25, -0.2) is 0 Å². The van der Waals surface area contributed by atoms with Gasteiger partial charge >= 0.3 is 0 Å². The first-order chi connectivity index (χ1) is 6.29. The average molecular weight is 260 g/mol. The van der Waals surface area contributed by atoms with E-state index in [0.29, 0.717) is 12.0 Å². The van der Waals surface area contributed by atoms with E-state index in [1.165, 1.54) is 35.0 Å². The molecular formula is C10H14BrNS. The highest BCUT2D eigenvalue weighted by atomic mass is 79.9. The van der Waals surface area contributed by atoms with Gasteiger partial charge in [-0.2, -0.15) is 0 Å². The van der Waals surface area contributed by atoms with Gasteiger partial charge in [-0.1, -0.05) is 12.8 Å². The third-order valence-corrected chi connectivity index (χ3v) is 4.80. The molecule has 0 radical (unpaired) electrons. The van der Waals surface area contributed by atoms with Gasteiger partial charge in [0.1, 0.15) is 0 Å². The summed E-state index contributed by atoms with van der Waals surface area (Å²) >= 11 is 5.42. The number of rotatable bonds is 1. The van der Waals surface area contributed by atoms with E-state index in [4.69, 9.17) is 5.73 Å². The lowest BCUT2D eigenvalue weighted by Crippen LogP contribution is -2.30. The van der Waals surface area contributed by atoms with Crippen LogP contribution in [-0.2, 0) is 0 Å². The van der Waals surface area contributed by atoms with Crippen molar-refractivity contribution in [2.24, 2.45) is 5.73 Å². The molecule has 0 spiro atoms. The highest BCUT2D eigenvalue weighted by Crippen LogP contribution is 2.38. The Labute approximate surface area is 91.5 Å². The molecule has 1 aliphatic carbocycles. The fourth-order valence-corrected chi connectivity index (χ4v) is 3.94. The molecule has 1 aliphatic rings. The summed E-state index contributed by atoms with van der Waals surface area (Å²) < 4.78 is 1.25. The van der Waals surface area contributed by atoms with Crippen LogP contribution < -0.4 is 5.73 Å². The second-order valence-electron chi connectivity index (χ2n) is 3.69.